The summed E-state index contributed by atoms with van der Waals surface area (Å²) in [6.45, 7) is 0. The second-order valence-electron chi connectivity index (χ2n) is 5.47. The Morgan fingerprint density at radius 1 is 0.696 bits per heavy atom. The third kappa shape index (κ3) is 2.14. The number of nitro groups is 1. The second-order valence-corrected chi connectivity index (χ2v) is 5.47. The first-order chi connectivity index (χ1) is 11.3. The minimum atomic E-state index is -0.301. The van der Waals surface area contributed by atoms with Gasteiger partial charge in [0.15, 0.2) is 0 Å². The summed E-state index contributed by atoms with van der Waals surface area (Å²) in [5, 5.41) is 13.4. The Bertz CT molecular complexity index is 934. The van der Waals surface area contributed by atoms with Gasteiger partial charge in [0.2, 0.25) is 0 Å². The van der Waals surface area contributed by atoms with E-state index in [-0.39, 0.29) is 10.6 Å². The third-order valence-corrected chi connectivity index (χ3v) is 4.16. The molecule has 0 saturated carbocycles. The fraction of sp³-hybridized carbons (Fsp3) is 0. The van der Waals surface area contributed by atoms with Crippen LogP contribution in [0.2, 0.25) is 0 Å². The van der Waals surface area contributed by atoms with Crippen molar-refractivity contribution in [2.75, 3.05) is 0 Å². The van der Waals surface area contributed by atoms with E-state index in [1.54, 1.807) is 6.07 Å². The molecule has 0 aliphatic heterocycles. The van der Waals surface area contributed by atoms with Crippen molar-refractivity contribution in [3.63, 3.8) is 0 Å². The fourth-order valence-electron chi connectivity index (χ4n) is 3.12. The Morgan fingerprint density at radius 2 is 1.26 bits per heavy atom. The molecular weight excluding hydrogens is 286 g/mol. The molecule has 0 amide bonds. The summed E-state index contributed by atoms with van der Waals surface area (Å²) in [5.74, 6) is 0. The smallest absolute Gasteiger partial charge is 0.258 e. The lowest BCUT2D eigenvalue weighted by Gasteiger charge is -1.97. The molecule has 23 heavy (non-hydrogen) atoms. The first kappa shape index (κ1) is 13.5. The van der Waals surface area contributed by atoms with E-state index in [9.17, 15) is 10.1 Å². The molecule has 0 N–H and O–H groups in total. The van der Waals surface area contributed by atoms with Crippen molar-refractivity contribution in [3.8, 4) is 0 Å². The van der Waals surface area contributed by atoms with Gasteiger partial charge in [0.05, 0.1) is 16.1 Å². The molecule has 2 aliphatic carbocycles. The maximum atomic E-state index is 10.8. The van der Waals surface area contributed by atoms with Crippen LogP contribution >= 0.6 is 0 Å². The van der Waals surface area contributed by atoms with Crippen LogP contribution in [0.15, 0.2) is 72.8 Å². The van der Waals surface area contributed by atoms with Crippen LogP contribution in [-0.2, 0) is 0 Å². The van der Waals surface area contributed by atoms with Crippen molar-refractivity contribution in [1.29, 1.82) is 0 Å². The molecule has 3 nitrogen and oxygen atoms in total. The van der Waals surface area contributed by atoms with Gasteiger partial charge in [-0.2, -0.15) is 0 Å². The number of nitrogens with zero attached hydrogens (tertiary/aromatic N) is 1. The highest BCUT2D eigenvalue weighted by molar-refractivity contribution is 6.09. The molecule has 0 unspecified atom stereocenters. The molecule has 0 heterocycles. The Labute approximate surface area is 133 Å². The van der Waals surface area contributed by atoms with E-state index >= 15 is 0 Å². The lowest BCUT2D eigenvalue weighted by Crippen LogP contribution is -1.97. The van der Waals surface area contributed by atoms with Gasteiger partial charge in [-0.1, -0.05) is 66.7 Å². The van der Waals surface area contributed by atoms with Crippen LogP contribution in [0.1, 0.15) is 16.7 Å². The summed E-state index contributed by atoms with van der Waals surface area (Å²) in [7, 11) is 0. The molecule has 5 rings (SSSR count). The molecule has 0 radical (unpaired) electrons. The van der Waals surface area contributed by atoms with Crippen LogP contribution in [0.5, 0.6) is 0 Å². The van der Waals surface area contributed by atoms with E-state index in [0.717, 1.165) is 22.3 Å². The van der Waals surface area contributed by atoms with Gasteiger partial charge < -0.3 is 0 Å². The summed E-state index contributed by atoms with van der Waals surface area (Å²) in [4.78, 5) is 10.5. The lowest BCUT2D eigenvalue weighted by molar-refractivity contribution is -0.374. The predicted octanol–water partition coefficient (Wildman–Crippen LogP) is 5.01. The van der Waals surface area contributed by atoms with Crippen LogP contribution in [0.25, 0.3) is 28.1 Å². The summed E-state index contributed by atoms with van der Waals surface area (Å²) in [5.41, 5.74) is 3.80. The van der Waals surface area contributed by atoms with Gasteiger partial charge in [-0.15, -0.1) is 0 Å². The summed E-state index contributed by atoms with van der Waals surface area (Å²) in [6.07, 6.45) is 3.75. The Hall–Kier alpha value is -3.20. The zero-order chi connectivity index (χ0) is 15.8. The fourth-order valence-corrected chi connectivity index (χ4v) is 3.12. The number of fused-ring (bicyclic) bond motifs is 1. The largest absolute Gasteiger partial charge is 0.284 e. The van der Waals surface area contributed by atoms with Gasteiger partial charge in [0.25, 0.3) is 5.70 Å². The van der Waals surface area contributed by atoms with Gasteiger partial charge in [-0.3, -0.25) is 10.1 Å². The van der Waals surface area contributed by atoms with Crippen LogP contribution < -0.4 is 0 Å². The Kier molecular flexibility index (Phi) is 3.05. The Morgan fingerprint density at radius 3 is 1.78 bits per heavy atom. The standard InChI is InChI=1S/C10H5NO2.C10H8/c12-11(13)10-8-3-1-2-6-7(8)4-5-9(6)10;1-2-6-10-8-4-3-7-9(10)5-1/h1-5H;1-8H. The molecular formula is C20H13NO2. The van der Waals surface area contributed by atoms with E-state index in [1.165, 1.54) is 10.8 Å². The van der Waals surface area contributed by atoms with Crippen molar-refractivity contribution in [2.45, 2.75) is 0 Å². The average molecular weight is 299 g/mol. The molecule has 0 fully saturated rings. The van der Waals surface area contributed by atoms with Crippen molar-refractivity contribution < 1.29 is 4.92 Å². The van der Waals surface area contributed by atoms with Crippen molar-refractivity contribution in [1.82, 2.24) is 0 Å². The first-order valence-electron chi connectivity index (χ1n) is 7.40. The van der Waals surface area contributed by atoms with E-state index in [1.807, 2.05) is 24.3 Å². The van der Waals surface area contributed by atoms with Gasteiger partial charge >= 0.3 is 0 Å². The summed E-state index contributed by atoms with van der Waals surface area (Å²) in [6, 6.07) is 22.3. The SMILES string of the molecule is O=[N+]([O-])C1=C2C=Cc3c2cccc31.c1ccc2ccccc2c1. The quantitative estimate of drug-likeness (QED) is 0.468. The normalized spacial score (nSPS) is 13.2. The molecule has 0 atom stereocenters. The van der Waals surface area contributed by atoms with E-state index in [2.05, 4.69) is 48.5 Å². The Balaban J connectivity index is 0.000000122. The third-order valence-electron chi connectivity index (χ3n) is 4.16. The van der Waals surface area contributed by atoms with Gasteiger partial charge in [0.1, 0.15) is 0 Å². The van der Waals surface area contributed by atoms with Crippen LogP contribution in [-0.4, -0.2) is 4.92 Å². The second kappa shape index (κ2) is 5.21. The average Bonchev–Trinajstić information content (AvgIpc) is 3.07. The summed E-state index contributed by atoms with van der Waals surface area (Å²) >= 11 is 0. The van der Waals surface area contributed by atoms with Gasteiger partial charge in [-0.05, 0) is 34.0 Å². The number of hydrogen-bond donors (Lipinski definition) is 0. The molecule has 0 saturated heterocycles. The topological polar surface area (TPSA) is 43.1 Å². The van der Waals surface area contributed by atoms with Crippen molar-refractivity contribution in [2.24, 2.45) is 0 Å². The number of rotatable bonds is 1. The minimum Gasteiger partial charge on any atom is -0.258 e. The highest BCUT2D eigenvalue weighted by Gasteiger charge is 2.34. The monoisotopic (exact) mass is 299 g/mol. The van der Waals surface area contributed by atoms with Gasteiger partial charge in [-0.25, -0.2) is 0 Å². The zero-order valence-corrected chi connectivity index (χ0v) is 12.3. The number of benzene rings is 3. The number of hydrogen-bond acceptors (Lipinski definition) is 2. The minimum absolute atomic E-state index is 0.262. The molecule has 0 aromatic heterocycles. The van der Waals surface area contributed by atoms with Crippen LogP contribution in [0.3, 0.4) is 0 Å². The molecule has 3 aromatic rings. The molecule has 3 aromatic carbocycles. The molecule has 110 valence electrons. The van der Waals surface area contributed by atoms with E-state index < -0.39 is 0 Å². The van der Waals surface area contributed by atoms with E-state index in [0.29, 0.717) is 0 Å². The van der Waals surface area contributed by atoms with Crippen LogP contribution in [0, 0.1) is 10.1 Å². The van der Waals surface area contributed by atoms with E-state index in [4.69, 9.17) is 0 Å². The number of allylic oxidation sites excluding steroid dienone is 2. The molecule has 2 aliphatic rings. The van der Waals surface area contributed by atoms with Crippen LogP contribution in [0.4, 0.5) is 0 Å². The maximum absolute atomic E-state index is 10.8. The predicted molar refractivity (Wildman–Crippen MR) is 93.2 cm³/mol. The molecule has 3 heteroatoms. The highest BCUT2D eigenvalue weighted by atomic mass is 16.6. The van der Waals surface area contributed by atoms with Crippen molar-refractivity contribution >= 4 is 28.1 Å². The molecule has 4 bridgehead atoms. The van der Waals surface area contributed by atoms with Crippen molar-refractivity contribution in [3.05, 3.63) is 99.6 Å². The lowest BCUT2D eigenvalue weighted by atomic mass is 10.1. The maximum Gasteiger partial charge on any atom is 0.284 e. The highest BCUT2D eigenvalue weighted by Crippen LogP contribution is 2.45. The van der Waals surface area contributed by atoms with Gasteiger partial charge in [0, 0.05) is 0 Å². The zero-order valence-electron chi connectivity index (χ0n) is 12.3. The first-order valence-corrected chi connectivity index (χ1v) is 7.40. The molecule has 0 spiro atoms. The summed E-state index contributed by atoms with van der Waals surface area (Å²) < 4.78 is 0.